The fourth-order valence-corrected chi connectivity index (χ4v) is 4.47. The van der Waals surface area contributed by atoms with E-state index in [0.29, 0.717) is 36.0 Å². The Labute approximate surface area is 130 Å². The number of aromatic nitrogens is 2. The third kappa shape index (κ3) is 2.76. The van der Waals surface area contributed by atoms with Crippen LogP contribution >= 0.6 is 0 Å². The lowest BCUT2D eigenvalue weighted by Gasteiger charge is -2.30. The van der Waals surface area contributed by atoms with Crippen LogP contribution in [0.4, 0.5) is 0 Å². The van der Waals surface area contributed by atoms with E-state index < -0.39 is 10.0 Å². The number of fused-ring (bicyclic) bond motifs is 1. The van der Waals surface area contributed by atoms with Crippen molar-refractivity contribution in [3.8, 4) is 0 Å². The molecule has 0 unspecified atom stereocenters. The summed E-state index contributed by atoms with van der Waals surface area (Å²) < 4.78 is 34.1. The predicted molar refractivity (Wildman–Crippen MR) is 84.1 cm³/mol. The van der Waals surface area contributed by atoms with Crippen LogP contribution in [-0.2, 0) is 21.8 Å². The lowest BCUT2D eigenvalue weighted by Crippen LogP contribution is -2.39. The number of hydrogen-bond acceptors (Lipinski definition) is 4. The molecule has 0 saturated carbocycles. The van der Waals surface area contributed by atoms with Gasteiger partial charge in [-0.25, -0.2) is 13.4 Å². The summed E-state index contributed by atoms with van der Waals surface area (Å²) in [5.41, 5.74) is 1.63. The zero-order valence-electron chi connectivity index (χ0n) is 12.9. The van der Waals surface area contributed by atoms with Crippen LogP contribution in [0, 0.1) is 5.92 Å². The van der Waals surface area contributed by atoms with Gasteiger partial charge in [-0.1, -0.05) is 0 Å². The molecule has 120 valence electrons. The number of imidazole rings is 1. The van der Waals surface area contributed by atoms with Crippen molar-refractivity contribution in [2.75, 3.05) is 26.8 Å². The Balaban J connectivity index is 1.82. The molecule has 0 amide bonds. The van der Waals surface area contributed by atoms with Crippen molar-refractivity contribution in [2.24, 2.45) is 13.0 Å². The van der Waals surface area contributed by atoms with Crippen LogP contribution in [0.3, 0.4) is 0 Å². The first-order chi connectivity index (χ1) is 10.5. The minimum atomic E-state index is -3.44. The minimum Gasteiger partial charge on any atom is -0.384 e. The van der Waals surface area contributed by atoms with E-state index in [1.165, 1.54) is 0 Å². The topological polar surface area (TPSA) is 64.4 Å². The summed E-state index contributed by atoms with van der Waals surface area (Å²) in [7, 11) is 0.139. The number of hydrogen-bond donors (Lipinski definition) is 0. The van der Waals surface area contributed by atoms with E-state index in [2.05, 4.69) is 4.98 Å². The summed E-state index contributed by atoms with van der Waals surface area (Å²) in [4.78, 5) is 4.56. The molecule has 7 heteroatoms. The Hall–Kier alpha value is -1.44. The number of nitrogens with zero attached hydrogens (tertiary/aromatic N) is 3. The number of piperidine rings is 1. The fourth-order valence-electron chi connectivity index (χ4n) is 2.98. The van der Waals surface area contributed by atoms with Crippen molar-refractivity contribution < 1.29 is 13.2 Å². The van der Waals surface area contributed by atoms with Crippen molar-refractivity contribution in [3.63, 3.8) is 0 Å². The first-order valence-electron chi connectivity index (χ1n) is 7.42. The summed E-state index contributed by atoms with van der Waals surface area (Å²) in [6, 6.07) is 5.14. The van der Waals surface area contributed by atoms with Crippen LogP contribution in [0.1, 0.15) is 12.8 Å². The number of benzene rings is 1. The normalized spacial score (nSPS) is 18.1. The first-order valence-corrected chi connectivity index (χ1v) is 8.86. The fraction of sp³-hybridized carbons (Fsp3) is 0.533. The van der Waals surface area contributed by atoms with Crippen LogP contribution in [0.5, 0.6) is 0 Å². The van der Waals surface area contributed by atoms with Gasteiger partial charge in [-0.15, -0.1) is 0 Å². The Bertz CT molecular complexity index is 761. The molecule has 1 aromatic heterocycles. The molecule has 0 radical (unpaired) electrons. The van der Waals surface area contributed by atoms with E-state index in [0.717, 1.165) is 18.4 Å². The quantitative estimate of drug-likeness (QED) is 0.858. The molecule has 1 aromatic carbocycles. The van der Waals surface area contributed by atoms with Gasteiger partial charge in [0, 0.05) is 33.9 Å². The van der Waals surface area contributed by atoms with E-state index in [-0.39, 0.29) is 0 Å². The van der Waals surface area contributed by atoms with Gasteiger partial charge in [0.05, 0.1) is 22.3 Å². The molecule has 1 fully saturated rings. The number of ether oxygens (including phenoxy) is 1. The maximum Gasteiger partial charge on any atom is 0.243 e. The number of methoxy groups -OCH3 is 1. The summed E-state index contributed by atoms with van der Waals surface area (Å²) in [5.74, 6) is 0.453. The maximum absolute atomic E-state index is 12.8. The van der Waals surface area contributed by atoms with E-state index in [1.807, 2.05) is 17.7 Å². The van der Waals surface area contributed by atoms with Crippen LogP contribution in [0.2, 0.25) is 0 Å². The molecule has 2 aromatic rings. The molecule has 0 N–H and O–H groups in total. The predicted octanol–water partition coefficient (Wildman–Crippen LogP) is 1.62. The Morgan fingerprint density at radius 1 is 1.32 bits per heavy atom. The van der Waals surface area contributed by atoms with Crippen LogP contribution in [-0.4, -0.2) is 49.1 Å². The SMILES string of the molecule is COCC1CCN(S(=O)(=O)c2ccc3c(c2)ncn3C)CC1. The van der Waals surface area contributed by atoms with Crippen LogP contribution in [0.15, 0.2) is 29.4 Å². The highest BCUT2D eigenvalue weighted by atomic mass is 32.2. The highest BCUT2D eigenvalue weighted by molar-refractivity contribution is 7.89. The molecule has 22 heavy (non-hydrogen) atoms. The molecule has 3 rings (SSSR count). The molecule has 1 saturated heterocycles. The molecule has 0 bridgehead atoms. The average Bonchev–Trinajstić information content (AvgIpc) is 2.89. The summed E-state index contributed by atoms with van der Waals surface area (Å²) in [6.07, 6.45) is 3.38. The molecule has 0 atom stereocenters. The monoisotopic (exact) mass is 323 g/mol. The standard InChI is InChI=1S/C15H21N3O3S/c1-17-11-16-14-9-13(3-4-15(14)17)22(19,20)18-7-5-12(6-8-18)10-21-2/h3-4,9,11-12H,5-8,10H2,1-2H3. The smallest absolute Gasteiger partial charge is 0.243 e. The molecule has 0 aliphatic carbocycles. The lowest BCUT2D eigenvalue weighted by atomic mass is 9.99. The van der Waals surface area contributed by atoms with E-state index in [9.17, 15) is 8.42 Å². The van der Waals surface area contributed by atoms with Crippen molar-refractivity contribution in [1.82, 2.24) is 13.9 Å². The van der Waals surface area contributed by atoms with Gasteiger partial charge in [0.1, 0.15) is 0 Å². The largest absolute Gasteiger partial charge is 0.384 e. The van der Waals surface area contributed by atoms with E-state index in [1.54, 1.807) is 29.9 Å². The van der Waals surface area contributed by atoms with Crippen molar-refractivity contribution in [2.45, 2.75) is 17.7 Å². The van der Waals surface area contributed by atoms with Crippen molar-refractivity contribution in [1.29, 1.82) is 0 Å². The van der Waals surface area contributed by atoms with Crippen LogP contribution in [0.25, 0.3) is 11.0 Å². The number of aryl methyl sites for hydroxylation is 1. The number of sulfonamides is 1. The van der Waals surface area contributed by atoms with Gasteiger partial charge < -0.3 is 9.30 Å². The summed E-state index contributed by atoms with van der Waals surface area (Å²) >= 11 is 0. The molecular formula is C15H21N3O3S. The molecule has 2 heterocycles. The van der Waals surface area contributed by atoms with Gasteiger partial charge in [-0.3, -0.25) is 0 Å². The van der Waals surface area contributed by atoms with Gasteiger partial charge in [0.25, 0.3) is 0 Å². The number of rotatable bonds is 4. The maximum atomic E-state index is 12.8. The third-order valence-electron chi connectivity index (χ3n) is 4.31. The second-order valence-electron chi connectivity index (χ2n) is 5.81. The average molecular weight is 323 g/mol. The highest BCUT2D eigenvalue weighted by Crippen LogP contribution is 2.25. The van der Waals surface area contributed by atoms with Gasteiger partial charge >= 0.3 is 0 Å². The zero-order chi connectivity index (χ0) is 15.7. The molecule has 6 nitrogen and oxygen atoms in total. The Morgan fingerprint density at radius 2 is 2.05 bits per heavy atom. The highest BCUT2D eigenvalue weighted by Gasteiger charge is 2.29. The van der Waals surface area contributed by atoms with Gasteiger partial charge in [-0.05, 0) is 37.0 Å². The van der Waals surface area contributed by atoms with Crippen molar-refractivity contribution in [3.05, 3.63) is 24.5 Å². The van der Waals surface area contributed by atoms with Gasteiger partial charge in [0.2, 0.25) is 10.0 Å². The lowest BCUT2D eigenvalue weighted by molar-refractivity contribution is 0.121. The summed E-state index contributed by atoms with van der Waals surface area (Å²) in [5, 5.41) is 0. The molecule has 1 aliphatic rings. The Morgan fingerprint density at radius 3 is 2.73 bits per heavy atom. The zero-order valence-corrected chi connectivity index (χ0v) is 13.7. The Kier molecular flexibility index (Phi) is 4.20. The summed E-state index contributed by atoms with van der Waals surface area (Å²) in [6.45, 7) is 1.81. The minimum absolute atomic E-state index is 0.323. The first kappa shape index (κ1) is 15.5. The molecule has 1 aliphatic heterocycles. The van der Waals surface area contributed by atoms with Crippen LogP contribution < -0.4 is 0 Å². The second-order valence-corrected chi connectivity index (χ2v) is 7.75. The van der Waals surface area contributed by atoms with Gasteiger partial charge in [0.15, 0.2) is 0 Å². The second kappa shape index (κ2) is 5.98. The van der Waals surface area contributed by atoms with E-state index >= 15 is 0 Å². The molecule has 0 spiro atoms. The van der Waals surface area contributed by atoms with E-state index in [4.69, 9.17) is 4.74 Å². The third-order valence-corrected chi connectivity index (χ3v) is 6.21. The van der Waals surface area contributed by atoms with Gasteiger partial charge in [-0.2, -0.15) is 4.31 Å². The van der Waals surface area contributed by atoms with Crippen molar-refractivity contribution >= 4 is 21.1 Å². The molecular weight excluding hydrogens is 302 g/mol.